The van der Waals surface area contributed by atoms with Gasteiger partial charge in [-0.25, -0.2) is 4.98 Å². The normalized spacial score (nSPS) is 13.9. The Kier molecular flexibility index (Phi) is 5.59. The largest absolute Gasteiger partial charge is 0.339 e. The Labute approximate surface area is 194 Å². The highest BCUT2D eigenvalue weighted by Gasteiger charge is 2.25. The van der Waals surface area contributed by atoms with Crippen LogP contribution >= 0.6 is 11.3 Å². The number of likely N-dealkylation sites (tertiary alicyclic amines) is 1. The first kappa shape index (κ1) is 20.9. The van der Waals surface area contributed by atoms with E-state index in [1.165, 1.54) is 11.3 Å². The monoisotopic (exact) mass is 452 g/mol. The lowest BCUT2D eigenvalue weighted by Crippen LogP contribution is -2.29. The summed E-state index contributed by atoms with van der Waals surface area (Å²) in [7, 11) is 0. The fourth-order valence-corrected chi connectivity index (χ4v) is 5.00. The lowest BCUT2D eigenvalue weighted by molar-refractivity contribution is -0.123. The van der Waals surface area contributed by atoms with Crippen molar-refractivity contribution in [2.45, 2.75) is 12.8 Å². The lowest BCUT2D eigenvalue weighted by atomic mass is 10.1. The maximum absolute atomic E-state index is 13.4. The van der Waals surface area contributed by atoms with Crippen molar-refractivity contribution in [3.8, 4) is 17.2 Å². The molecule has 0 aliphatic carbocycles. The molecule has 0 saturated carbocycles. The molecule has 1 aliphatic heterocycles. The van der Waals surface area contributed by atoms with Crippen LogP contribution in [0.15, 0.2) is 64.8 Å². The van der Waals surface area contributed by atoms with Crippen LogP contribution in [-0.2, 0) is 4.79 Å². The first-order valence-electron chi connectivity index (χ1n) is 10.7. The Morgan fingerprint density at radius 1 is 1.09 bits per heavy atom. The molecule has 2 aromatic carbocycles. The minimum absolute atomic E-state index is 0.154. The summed E-state index contributed by atoms with van der Waals surface area (Å²) in [6.07, 6.45) is 3.66. The number of nitrogens with one attached hydrogen (secondary N) is 1. The second kappa shape index (κ2) is 8.85. The molecular formula is C26H20N4O2S. The Hall–Kier alpha value is -4.02. The SMILES string of the molecule is N#Cc1ccc(C=C(C(=O)N2CCCC2)c2nc3scc(-c4ccccc4)c3c(=O)[nH]2)cc1. The standard InChI is InChI=1S/C26H20N4O2S/c27-15-18-10-8-17(9-11-18)14-20(26(32)30-12-4-5-13-30)23-28-24(31)22-21(16-33-25(22)29-23)19-6-2-1-3-7-19/h1-3,6-11,14,16H,4-5,12-13H2,(H,28,29,31). The van der Waals surface area contributed by atoms with Gasteiger partial charge in [-0.3, -0.25) is 9.59 Å². The molecule has 5 rings (SSSR count). The zero-order chi connectivity index (χ0) is 22.8. The van der Waals surface area contributed by atoms with Crippen molar-refractivity contribution in [3.05, 3.63) is 87.3 Å². The number of carbonyl (C=O) groups is 1. The summed E-state index contributed by atoms with van der Waals surface area (Å²) in [5, 5.41) is 11.5. The van der Waals surface area contributed by atoms with Gasteiger partial charge in [0.1, 0.15) is 10.7 Å². The van der Waals surface area contributed by atoms with Gasteiger partial charge in [-0.1, -0.05) is 42.5 Å². The summed E-state index contributed by atoms with van der Waals surface area (Å²) in [6.45, 7) is 1.38. The molecule has 0 unspecified atom stereocenters. The summed E-state index contributed by atoms with van der Waals surface area (Å²) >= 11 is 1.39. The third kappa shape index (κ3) is 4.09. The number of aromatic amines is 1. The van der Waals surface area contributed by atoms with E-state index in [0.717, 1.165) is 29.5 Å². The minimum atomic E-state index is -0.268. The van der Waals surface area contributed by atoms with Crippen LogP contribution in [0.2, 0.25) is 0 Å². The number of nitriles is 1. The predicted molar refractivity (Wildman–Crippen MR) is 131 cm³/mol. The van der Waals surface area contributed by atoms with E-state index in [1.807, 2.05) is 35.7 Å². The molecule has 0 radical (unpaired) electrons. The average molecular weight is 453 g/mol. The summed E-state index contributed by atoms with van der Waals surface area (Å²) in [5.74, 6) is 0.106. The number of carbonyl (C=O) groups excluding carboxylic acids is 1. The van der Waals surface area contributed by atoms with Gasteiger partial charge < -0.3 is 9.88 Å². The van der Waals surface area contributed by atoms with Crippen LogP contribution in [0, 0.1) is 11.3 Å². The molecule has 4 aromatic rings. The van der Waals surface area contributed by atoms with Gasteiger partial charge in [0.05, 0.1) is 22.6 Å². The third-order valence-corrected chi connectivity index (χ3v) is 6.63. The first-order valence-corrected chi connectivity index (χ1v) is 11.6. The highest BCUT2D eigenvalue weighted by molar-refractivity contribution is 7.17. The smallest absolute Gasteiger partial charge is 0.260 e. The Balaban J connectivity index is 1.63. The van der Waals surface area contributed by atoms with Gasteiger partial charge in [-0.15, -0.1) is 11.3 Å². The molecule has 1 aliphatic rings. The van der Waals surface area contributed by atoms with E-state index in [1.54, 1.807) is 35.2 Å². The molecule has 1 N–H and O–H groups in total. The number of fused-ring (bicyclic) bond motifs is 1. The molecule has 7 heteroatoms. The molecule has 162 valence electrons. The fourth-order valence-electron chi connectivity index (χ4n) is 4.05. The number of aromatic nitrogens is 2. The fraction of sp³-hybridized carbons (Fsp3) is 0.154. The molecule has 0 spiro atoms. The minimum Gasteiger partial charge on any atom is -0.339 e. The van der Waals surface area contributed by atoms with E-state index in [4.69, 9.17) is 10.2 Å². The van der Waals surface area contributed by atoms with E-state index in [0.29, 0.717) is 34.4 Å². The molecule has 0 bridgehead atoms. The summed E-state index contributed by atoms with van der Waals surface area (Å²) in [4.78, 5) is 36.5. The first-order chi connectivity index (χ1) is 16.1. The van der Waals surface area contributed by atoms with Crippen LogP contribution in [0.5, 0.6) is 0 Å². The van der Waals surface area contributed by atoms with Crippen molar-refractivity contribution in [3.63, 3.8) is 0 Å². The summed E-state index contributed by atoms with van der Waals surface area (Å²) in [6, 6.07) is 18.8. The van der Waals surface area contributed by atoms with Crippen LogP contribution < -0.4 is 5.56 Å². The highest BCUT2D eigenvalue weighted by atomic mass is 32.1. The van der Waals surface area contributed by atoms with Crippen molar-refractivity contribution in [1.29, 1.82) is 5.26 Å². The topological polar surface area (TPSA) is 89.8 Å². The third-order valence-electron chi connectivity index (χ3n) is 5.76. The molecular weight excluding hydrogens is 432 g/mol. The van der Waals surface area contributed by atoms with Crippen molar-refractivity contribution >= 4 is 39.1 Å². The van der Waals surface area contributed by atoms with Gasteiger partial charge in [0, 0.05) is 24.0 Å². The predicted octanol–water partition coefficient (Wildman–Crippen LogP) is 4.69. The average Bonchev–Trinajstić information content (AvgIpc) is 3.54. The number of rotatable bonds is 4. The Bertz CT molecular complexity index is 1450. The van der Waals surface area contributed by atoms with E-state index < -0.39 is 0 Å². The number of nitrogens with zero attached hydrogens (tertiary/aromatic N) is 3. The van der Waals surface area contributed by atoms with Crippen molar-refractivity contribution in [1.82, 2.24) is 14.9 Å². The van der Waals surface area contributed by atoms with Crippen LogP contribution in [0.3, 0.4) is 0 Å². The van der Waals surface area contributed by atoms with Gasteiger partial charge in [0.15, 0.2) is 0 Å². The van der Waals surface area contributed by atoms with Gasteiger partial charge in [0.2, 0.25) is 0 Å². The number of amides is 1. The molecule has 1 amide bonds. The number of benzene rings is 2. The van der Waals surface area contributed by atoms with E-state index in [-0.39, 0.29) is 17.3 Å². The molecule has 33 heavy (non-hydrogen) atoms. The van der Waals surface area contributed by atoms with E-state index in [9.17, 15) is 9.59 Å². The van der Waals surface area contributed by atoms with E-state index >= 15 is 0 Å². The number of hydrogen-bond donors (Lipinski definition) is 1. The van der Waals surface area contributed by atoms with E-state index in [2.05, 4.69) is 11.1 Å². The summed E-state index contributed by atoms with van der Waals surface area (Å²) < 4.78 is 0. The quantitative estimate of drug-likeness (QED) is 0.455. The zero-order valence-corrected chi connectivity index (χ0v) is 18.6. The second-order valence-corrected chi connectivity index (χ2v) is 8.76. The van der Waals surface area contributed by atoms with Crippen molar-refractivity contribution in [2.24, 2.45) is 0 Å². The second-order valence-electron chi connectivity index (χ2n) is 7.90. The maximum atomic E-state index is 13.4. The number of H-pyrrole nitrogens is 1. The van der Waals surface area contributed by atoms with Gasteiger partial charge in [0.25, 0.3) is 11.5 Å². The Morgan fingerprint density at radius 3 is 2.52 bits per heavy atom. The number of thiophene rings is 1. The van der Waals surface area contributed by atoms with Crippen LogP contribution in [0.25, 0.3) is 33.0 Å². The lowest BCUT2D eigenvalue weighted by Gasteiger charge is -2.17. The van der Waals surface area contributed by atoms with Crippen LogP contribution in [0.4, 0.5) is 0 Å². The van der Waals surface area contributed by atoms with Gasteiger partial charge >= 0.3 is 0 Å². The summed E-state index contributed by atoms with van der Waals surface area (Å²) in [5.41, 5.74) is 3.16. The molecule has 1 saturated heterocycles. The van der Waals surface area contributed by atoms with Crippen LogP contribution in [-0.4, -0.2) is 33.9 Å². The van der Waals surface area contributed by atoms with Gasteiger partial charge in [-0.05, 0) is 42.2 Å². The van der Waals surface area contributed by atoms with Crippen molar-refractivity contribution < 1.29 is 4.79 Å². The molecule has 0 atom stereocenters. The van der Waals surface area contributed by atoms with Crippen molar-refractivity contribution in [2.75, 3.05) is 13.1 Å². The highest BCUT2D eigenvalue weighted by Crippen LogP contribution is 2.31. The van der Waals surface area contributed by atoms with Gasteiger partial charge in [-0.2, -0.15) is 5.26 Å². The molecule has 3 heterocycles. The molecule has 2 aromatic heterocycles. The Morgan fingerprint density at radius 2 is 1.82 bits per heavy atom. The zero-order valence-electron chi connectivity index (χ0n) is 17.7. The number of hydrogen-bond acceptors (Lipinski definition) is 5. The maximum Gasteiger partial charge on any atom is 0.260 e. The molecule has 6 nitrogen and oxygen atoms in total. The molecule has 1 fully saturated rings. The van der Waals surface area contributed by atoms with Crippen LogP contribution in [0.1, 0.15) is 29.8 Å².